The number of piperazine rings is 1. The highest BCUT2D eigenvalue weighted by Crippen LogP contribution is 2.20. The summed E-state index contributed by atoms with van der Waals surface area (Å²) in [5, 5.41) is 2.23. The summed E-state index contributed by atoms with van der Waals surface area (Å²) >= 11 is 3.26. The molecule has 1 saturated heterocycles. The minimum absolute atomic E-state index is 0.129. The molecule has 0 spiro atoms. The van der Waals surface area contributed by atoms with Gasteiger partial charge in [0.1, 0.15) is 12.6 Å². The summed E-state index contributed by atoms with van der Waals surface area (Å²) in [7, 11) is 0. The van der Waals surface area contributed by atoms with Crippen LogP contribution in [0.5, 0.6) is 0 Å². The van der Waals surface area contributed by atoms with Crippen LogP contribution in [0.3, 0.4) is 0 Å². The van der Waals surface area contributed by atoms with E-state index in [1.165, 1.54) is 11.0 Å². The second kappa shape index (κ2) is 5.62. The van der Waals surface area contributed by atoms with Crippen LogP contribution in [-0.2, 0) is 9.59 Å². The van der Waals surface area contributed by atoms with E-state index < -0.39 is 17.9 Å². The minimum Gasteiger partial charge on any atom is -0.399 e. The molecule has 2 rings (SSSR count). The molecule has 1 heterocycles. The standard InChI is InChI=1S/C13H14BrN3O3/c1-2-10-12(19)16-11(18)6-17(10)13(20)7-3-8(14)5-9(15)4-7/h3-5,10H,2,6,15H2,1H3,(H,16,18,19). The van der Waals surface area contributed by atoms with Crippen molar-refractivity contribution >= 4 is 39.3 Å². The van der Waals surface area contributed by atoms with Gasteiger partial charge in [-0.15, -0.1) is 0 Å². The van der Waals surface area contributed by atoms with Gasteiger partial charge in [-0.25, -0.2) is 0 Å². The fourth-order valence-corrected chi connectivity index (χ4v) is 2.70. The number of rotatable bonds is 2. The lowest BCUT2D eigenvalue weighted by atomic mass is 10.1. The van der Waals surface area contributed by atoms with Crippen molar-refractivity contribution < 1.29 is 14.4 Å². The zero-order chi connectivity index (χ0) is 14.9. The van der Waals surface area contributed by atoms with Crippen molar-refractivity contribution in [3.8, 4) is 0 Å². The third kappa shape index (κ3) is 2.82. The molecule has 1 atom stereocenters. The molecular formula is C13H14BrN3O3. The summed E-state index contributed by atoms with van der Waals surface area (Å²) in [5.74, 6) is -1.30. The van der Waals surface area contributed by atoms with E-state index in [2.05, 4.69) is 21.2 Å². The van der Waals surface area contributed by atoms with E-state index in [1.807, 2.05) is 0 Å². The molecule has 0 radical (unpaired) electrons. The van der Waals surface area contributed by atoms with Gasteiger partial charge in [0.15, 0.2) is 0 Å². The van der Waals surface area contributed by atoms with E-state index in [0.29, 0.717) is 22.1 Å². The first-order valence-corrected chi connectivity index (χ1v) is 6.92. The van der Waals surface area contributed by atoms with E-state index in [4.69, 9.17) is 5.73 Å². The summed E-state index contributed by atoms with van der Waals surface area (Å²) < 4.78 is 0.668. The number of nitrogen functional groups attached to an aromatic ring is 1. The molecule has 1 fully saturated rings. The lowest BCUT2D eigenvalue weighted by molar-refractivity contribution is -0.138. The molecule has 1 unspecified atom stereocenters. The maximum absolute atomic E-state index is 12.5. The van der Waals surface area contributed by atoms with Gasteiger partial charge in [-0.1, -0.05) is 22.9 Å². The fourth-order valence-electron chi connectivity index (χ4n) is 2.19. The number of benzene rings is 1. The van der Waals surface area contributed by atoms with Gasteiger partial charge >= 0.3 is 0 Å². The molecule has 1 aliphatic heterocycles. The fraction of sp³-hybridized carbons (Fsp3) is 0.308. The van der Waals surface area contributed by atoms with Crippen molar-refractivity contribution in [2.24, 2.45) is 0 Å². The summed E-state index contributed by atoms with van der Waals surface area (Å²) in [6.07, 6.45) is 0.439. The Balaban J connectivity index is 2.34. The van der Waals surface area contributed by atoms with Crippen LogP contribution in [-0.4, -0.2) is 35.2 Å². The average molecular weight is 340 g/mol. The number of nitrogens with two attached hydrogens (primary N) is 1. The van der Waals surface area contributed by atoms with Crippen molar-refractivity contribution in [3.63, 3.8) is 0 Å². The molecule has 106 valence electrons. The van der Waals surface area contributed by atoms with Crippen LogP contribution in [0.15, 0.2) is 22.7 Å². The lowest BCUT2D eigenvalue weighted by Gasteiger charge is -2.33. The Labute approximate surface area is 124 Å². The molecule has 1 aromatic rings. The average Bonchev–Trinajstić information content (AvgIpc) is 2.35. The molecule has 7 heteroatoms. The number of halogens is 1. The van der Waals surface area contributed by atoms with Crippen LogP contribution in [0.4, 0.5) is 5.69 Å². The predicted molar refractivity (Wildman–Crippen MR) is 76.8 cm³/mol. The molecule has 6 nitrogen and oxygen atoms in total. The number of amides is 3. The largest absolute Gasteiger partial charge is 0.399 e. The Hall–Kier alpha value is -1.89. The maximum Gasteiger partial charge on any atom is 0.255 e. The van der Waals surface area contributed by atoms with E-state index in [0.717, 1.165) is 0 Å². The number of nitrogens with zero attached hydrogens (tertiary/aromatic N) is 1. The number of hydrogen-bond acceptors (Lipinski definition) is 4. The second-order valence-electron chi connectivity index (χ2n) is 4.54. The smallest absolute Gasteiger partial charge is 0.255 e. The Kier molecular flexibility index (Phi) is 4.08. The van der Waals surface area contributed by atoms with Crippen LogP contribution in [0.1, 0.15) is 23.7 Å². The zero-order valence-corrected chi connectivity index (χ0v) is 12.4. The second-order valence-corrected chi connectivity index (χ2v) is 5.46. The highest BCUT2D eigenvalue weighted by molar-refractivity contribution is 9.10. The van der Waals surface area contributed by atoms with E-state index in [-0.39, 0.29) is 12.5 Å². The first kappa shape index (κ1) is 14.5. The number of anilines is 1. The third-order valence-corrected chi connectivity index (χ3v) is 3.53. The van der Waals surface area contributed by atoms with Crippen LogP contribution >= 0.6 is 15.9 Å². The normalized spacial score (nSPS) is 18.9. The van der Waals surface area contributed by atoms with Crippen LogP contribution in [0.25, 0.3) is 0 Å². The molecule has 0 saturated carbocycles. The number of imide groups is 1. The number of nitrogens with one attached hydrogen (secondary N) is 1. The van der Waals surface area contributed by atoms with Gasteiger partial charge in [-0.05, 0) is 24.6 Å². The molecule has 20 heavy (non-hydrogen) atoms. The van der Waals surface area contributed by atoms with Gasteiger partial charge in [0.2, 0.25) is 11.8 Å². The van der Waals surface area contributed by atoms with Crippen molar-refractivity contribution in [3.05, 3.63) is 28.2 Å². The van der Waals surface area contributed by atoms with Gasteiger partial charge in [0, 0.05) is 15.7 Å². The first-order chi connectivity index (χ1) is 9.42. The van der Waals surface area contributed by atoms with E-state index in [1.54, 1.807) is 19.1 Å². The predicted octanol–water partition coefficient (Wildman–Crippen LogP) is 0.908. The first-order valence-electron chi connectivity index (χ1n) is 6.13. The zero-order valence-electron chi connectivity index (χ0n) is 10.9. The highest BCUT2D eigenvalue weighted by atomic mass is 79.9. The van der Waals surface area contributed by atoms with Crippen molar-refractivity contribution in [2.45, 2.75) is 19.4 Å². The molecule has 0 bridgehead atoms. The van der Waals surface area contributed by atoms with Crippen LogP contribution < -0.4 is 11.1 Å². The summed E-state index contributed by atoms with van der Waals surface area (Å²) in [6.45, 7) is 1.66. The topological polar surface area (TPSA) is 92.5 Å². The number of carbonyl (C=O) groups is 3. The lowest BCUT2D eigenvalue weighted by Crippen LogP contribution is -2.59. The summed E-state index contributed by atoms with van der Waals surface area (Å²) in [6, 6.07) is 4.17. The highest BCUT2D eigenvalue weighted by Gasteiger charge is 2.35. The van der Waals surface area contributed by atoms with Crippen molar-refractivity contribution in [1.29, 1.82) is 0 Å². The SMILES string of the molecule is CCC1C(=O)NC(=O)CN1C(=O)c1cc(N)cc(Br)c1. The molecule has 0 aliphatic carbocycles. The van der Waals surface area contributed by atoms with Crippen LogP contribution in [0.2, 0.25) is 0 Å². The van der Waals surface area contributed by atoms with Crippen molar-refractivity contribution in [2.75, 3.05) is 12.3 Å². The Morgan fingerprint density at radius 1 is 1.45 bits per heavy atom. The molecular weight excluding hydrogens is 326 g/mol. The number of carbonyl (C=O) groups excluding carboxylic acids is 3. The van der Waals surface area contributed by atoms with Crippen molar-refractivity contribution in [1.82, 2.24) is 10.2 Å². The molecule has 1 aliphatic rings. The monoisotopic (exact) mass is 339 g/mol. The van der Waals surface area contributed by atoms with Gasteiger partial charge in [-0.3, -0.25) is 19.7 Å². The van der Waals surface area contributed by atoms with Crippen LogP contribution in [0, 0.1) is 0 Å². The van der Waals surface area contributed by atoms with Gasteiger partial charge in [-0.2, -0.15) is 0 Å². The van der Waals surface area contributed by atoms with E-state index >= 15 is 0 Å². The molecule has 3 N–H and O–H groups in total. The molecule has 0 aromatic heterocycles. The van der Waals surface area contributed by atoms with Gasteiger partial charge in [0.25, 0.3) is 5.91 Å². The Bertz CT molecular complexity index is 568. The third-order valence-electron chi connectivity index (χ3n) is 3.07. The Morgan fingerprint density at radius 3 is 2.75 bits per heavy atom. The summed E-state index contributed by atoms with van der Waals surface area (Å²) in [5.41, 5.74) is 6.48. The number of hydrogen-bond donors (Lipinski definition) is 2. The maximum atomic E-state index is 12.5. The molecule has 3 amide bonds. The van der Waals surface area contributed by atoms with Gasteiger partial charge < -0.3 is 10.6 Å². The van der Waals surface area contributed by atoms with E-state index in [9.17, 15) is 14.4 Å². The van der Waals surface area contributed by atoms with Gasteiger partial charge in [0.05, 0.1) is 0 Å². The summed E-state index contributed by atoms with van der Waals surface area (Å²) in [4.78, 5) is 37.0. The molecule has 1 aromatic carbocycles. The minimum atomic E-state index is -0.639. The quantitative estimate of drug-likeness (QED) is 0.618. The Morgan fingerprint density at radius 2 is 2.15 bits per heavy atom.